The molecule has 0 aromatic carbocycles. The molecule has 0 aromatic heterocycles. The minimum absolute atomic E-state index is 0. The molecular formula is Br4IrNa. The van der Waals surface area contributed by atoms with Crippen LogP contribution in [0.5, 0.6) is 0 Å². The van der Waals surface area contributed by atoms with Crippen LogP contribution in [0.15, 0.2) is 0 Å². The van der Waals surface area contributed by atoms with Gasteiger partial charge >= 0.3 is 49.7 Å². The minimum atomic E-state index is 0. The molecule has 0 aliphatic heterocycles. The van der Waals surface area contributed by atoms with E-state index in [1.807, 2.05) is 0 Å². The maximum atomic E-state index is 0. The van der Waals surface area contributed by atoms with E-state index in [9.17, 15) is 0 Å². The summed E-state index contributed by atoms with van der Waals surface area (Å²) in [5.41, 5.74) is 0. The summed E-state index contributed by atoms with van der Waals surface area (Å²) in [5, 5.41) is 0. The number of hydrogen-bond acceptors (Lipinski definition) is 0. The van der Waals surface area contributed by atoms with Crippen molar-refractivity contribution >= 4 is 0 Å². The third-order valence-electron chi connectivity index (χ3n) is 0. The maximum absolute atomic E-state index is 0. The fourth-order valence-electron chi connectivity index (χ4n) is 0. The molecule has 0 saturated heterocycles. The zero-order valence-corrected chi connectivity index (χ0v) is 13.6. The molecule has 0 aromatic rings. The van der Waals surface area contributed by atoms with Crippen LogP contribution in [0, 0.1) is 0 Å². The standard InChI is InChI=1S/4BrH.Ir.Na/h4*1H;;/q;;;;+3;+1/p-4. The molecule has 0 fully saturated rings. The fourth-order valence-corrected chi connectivity index (χ4v) is 0. The van der Waals surface area contributed by atoms with Crippen LogP contribution in [-0.4, -0.2) is 0 Å². The molecule has 6 heteroatoms. The van der Waals surface area contributed by atoms with Crippen LogP contribution in [-0.2, 0) is 20.1 Å². The average molecular weight is 535 g/mol. The molecule has 0 heterocycles. The summed E-state index contributed by atoms with van der Waals surface area (Å²) in [6.45, 7) is 0. The van der Waals surface area contributed by atoms with E-state index in [1.165, 1.54) is 0 Å². The van der Waals surface area contributed by atoms with E-state index >= 15 is 0 Å². The molecule has 0 bridgehead atoms. The Morgan fingerprint density at radius 1 is 0.500 bits per heavy atom. The molecule has 0 aliphatic rings. The van der Waals surface area contributed by atoms with Gasteiger partial charge in [0.1, 0.15) is 0 Å². The Morgan fingerprint density at radius 2 is 0.500 bits per heavy atom. The first-order chi connectivity index (χ1) is 0. The summed E-state index contributed by atoms with van der Waals surface area (Å²) in [7, 11) is 0. The van der Waals surface area contributed by atoms with Crippen LogP contribution < -0.4 is 97.5 Å². The number of rotatable bonds is 0. The first-order valence-corrected chi connectivity index (χ1v) is 0. The smallest absolute Gasteiger partial charge is 1.00 e. The topological polar surface area (TPSA) is 0 Å². The monoisotopic (exact) mass is 532 g/mol. The van der Waals surface area contributed by atoms with E-state index in [4.69, 9.17) is 0 Å². The Morgan fingerprint density at radius 3 is 0.500 bits per heavy atom. The van der Waals surface area contributed by atoms with E-state index in [1.54, 1.807) is 0 Å². The Bertz CT molecular complexity index is 7.51. The van der Waals surface area contributed by atoms with Crippen LogP contribution >= 0.6 is 0 Å². The van der Waals surface area contributed by atoms with Gasteiger partial charge in [0.2, 0.25) is 0 Å². The summed E-state index contributed by atoms with van der Waals surface area (Å²) in [4.78, 5) is 0. The second-order valence-electron chi connectivity index (χ2n) is 0. The van der Waals surface area contributed by atoms with Gasteiger partial charge in [0.25, 0.3) is 0 Å². The summed E-state index contributed by atoms with van der Waals surface area (Å²) in [6.07, 6.45) is 0. The van der Waals surface area contributed by atoms with Gasteiger partial charge in [-0.1, -0.05) is 0 Å². The summed E-state index contributed by atoms with van der Waals surface area (Å²) < 4.78 is 0. The molecule has 0 spiro atoms. The molecule has 0 saturated carbocycles. The molecule has 0 nitrogen and oxygen atoms in total. The molecule has 6 heavy (non-hydrogen) atoms. The van der Waals surface area contributed by atoms with Crippen molar-refractivity contribution in [3.8, 4) is 0 Å². The van der Waals surface area contributed by atoms with Gasteiger partial charge in [-0.2, -0.15) is 0 Å². The molecule has 0 radical (unpaired) electrons. The number of hydrogen-bond donors (Lipinski definition) is 0. The Hall–Kier alpha value is 3.57. The quantitative estimate of drug-likeness (QED) is 0.271. The summed E-state index contributed by atoms with van der Waals surface area (Å²) >= 11 is 0. The van der Waals surface area contributed by atoms with Crippen molar-refractivity contribution in [1.82, 2.24) is 0 Å². The molecular weight excluding hydrogens is 535 g/mol. The van der Waals surface area contributed by atoms with Crippen LogP contribution in [0.3, 0.4) is 0 Å². The third-order valence-corrected chi connectivity index (χ3v) is 0. The normalized spacial score (nSPS) is 0. The van der Waals surface area contributed by atoms with Gasteiger partial charge < -0.3 is 67.9 Å². The predicted molar refractivity (Wildman–Crippen MR) is 0 cm³/mol. The predicted octanol–water partition coefficient (Wildman–Crippen LogP) is -15.0. The van der Waals surface area contributed by atoms with E-state index in [0.717, 1.165) is 0 Å². The Labute approximate surface area is 115 Å². The molecule has 0 N–H and O–H groups in total. The SMILES string of the molecule is [Br-].[Br-].[Br-].[Br-].[Ir+3].[Na+]. The Balaban J connectivity index is 0. The van der Waals surface area contributed by atoms with Crippen molar-refractivity contribution in [3.05, 3.63) is 0 Å². The molecule has 0 unspecified atom stereocenters. The van der Waals surface area contributed by atoms with Crippen LogP contribution in [0.25, 0.3) is 0 Å². The van der Waals surface area contributed by atoms with Crippen molar-refractivity contribution in [1.29, 1.82) is 0 Å². The van der Waals surface area contributed by atoms with Crippen molar-refractivity contribution < 1.29 is 118 Å². The van der Waals surface area contributed by atoms with Gasteiger partial charge in [-0.15, -0.1) is 0 Å². The van der Waals surface area contributed by atoms with Crippen molar-refractivity contribution in [2.24, 2.45) is 0 Å². The molecule has 0 atom stereocenters. The molecule has 0 rings (SSSR count). The largest absolute Gasteiger partial charge is 3.00 e. The first kappa shape index (κ1) is 55.2. The third kappa shape index (κ3) is 25.6. The maximum Gasteiger partial charge on any atom is 3.00 e. The van der Waals surface area contributed by atoms with E-state index in [-0.39, 0.29) is 118 Å². The molecule has 0 amide bonds. The van der Waals surface area contributed by atoms with Crippen LogP contribution in [0.1, 0.15) is 0 Å². The van der Waals surface area contributed by atoms with Crippen molar-refractivity contribution in [3.63, 3.8) is 0 Å². The van der Waals surface area contributed by atoms with E-state index in [2.05, 4.69) is 0 Å². The zero-order valence-electron chi connectivity index (χ0n) is 2.85. The van der Waals surface area contributed by atoms with E-state index in [0.29, 0.717) is 0 Å². The fraction of sp³-hybridized carbons (Fsp3) is 0. The van der Waals surface area contributed by atoms with Crippen LogP contribution in [0.2, 0.25) is 0 Å². The summed E-state index contributed by atoms with van der Waals surface area (Å²) in [6, 6.07) is 0. The van der Waals surface area contributed by atoms with E-state index < -0.39 is 0 Å². The second kappa shape index (κ2) is 38.5. The van der Waals surface area contributed by atoms with Crippen LogP contribution in [0.4, 0.5) is 0 Å². The van der Waals surface area contributed by atoms with Crippen molar-refractivity contribution in [2.45, 2.75) is 0 Å². The zero-order chi connectivity index (χ0) is 0. The van der Waals surface area contributed by atoms with Gasteiger partial charge in [0.05, 0.1) is 0 Å². The van der Waals surface area contributed by atoms with Crippen molar-refractivity contribution in [2.75, 3.05) is 0 Å². The average Bonchev–Trinajstić information content (AvgIpc) is 0. The first-order valence-electron chi connectivity index (χ1n) is 0. The minimum Gasteiger partial charge on any atom is -1.00 e. The molecule has 38 valence electrons. The summed E-state index contributed by atoms with van der Waals surface area (Å²) in [5.74, 6) is 0. The Kier molecular flexibility index (Phi) is 354. The van der Waals surface area contributed by atoms with Gasteiger partial charge in [-0.05, 0) is 0 Å². The van der Waals surface area contributed by atoms with Gasteiger partial charge in [0.15, 0.2) is 0 Å². The number of halogens is 4. The molecule has 0 aliphatic carbocycles. The van der Waals surface area contributed by atoms with Gasteiger partial charge in [-0.25, -0.2) is 0 Å². The van der Waals surface area contributed by atoms with Gasteiger partial charge in [0, 0.05) is 0 Å². The van der Waals surface area contributed by atoms with Gasteiger partial charge in [-0.3, -0.25) is 0 Å². The second-order valence-corrected chi connectivity index (χ2v) is 0.